The molecular weight excluding hydrogens is 198 g/mol. The van der Waals surface area contributed by atoms with Crippen LogP contribution in [0.2, 0.25) is 0 Å². The first-order chi connectivity index (χ1) is 7.93. The highest BCUT2D eigenvalue weighted by Crippen LogP contribution is 2.20. The van der Waals surface area contributed by atoms with Crippen molar-refractivity contribution in [3.63, 3.8) is 0 Å². The molecule has 0 amide bonds. The largest absolute Gasteiger partial charge is 0.256 e. The van der Waals surface area contributed by atoms with E-state index in [4.69, 9.17) is 0 Å². The molecule has 1 aromatic carbocycles. The lowest BCUT2D eigenvalue weighted by Crippen LogP contribution is -1.86. The second-order valence-corrected chi connectivity index (χ2v) is 3.52. The van der Waals surface area contributed by atoms with Crippen LogP contribution < -0.4 is 0 Å². The smallest absolute Gasteiger partial charge is 0.0930 e. The van der Waals surface area contributed by atoms with E-state index in [2.05, 4.69) is 15.2 Å². The third-order valence-electron chi connectivity index (χ3n) is 2.47. The maximum Gasteiger partial charge on any atom is 0.0930 e. The van der Waals surface area contributed by atoms with Crippen molar-refractivity contribution in [2.75, 3.05) is 0 Å². The summed E-state index contributed by atoms with van der Waals surface area (Å²) in [6.45, 7) is 0. The zero-order valence-electron chi connectivity index (χ0n) is 8.54. The molecule has 0 radical (unpaired) electrons. The normalized spacial score (nSPS) is 10.5. The van der Waals surface area contributed by atoms with Gasteiger partial charge in [0, 0.05) is 23.3 Å². The van der Waals surface area contributed by atoms with Crippen LogP contribution in [0, 0.1) is 0 Å². The Bertz CT molecular complexity index is 620. The van der Waals surface area contributed by atoms with Crippen molar-refractivity contribution in [2.24, 2.45) is 0 Å². The van der Waals surface area contributed by atoms with Gasteiger partial charge in [-0.15, -0.1) is 0 Å². The molecule has 0 bridgehead atoms. The molecular formula is C13H9N3. The van der Waals surface area contributed by atoms with Gasteiger partial charge in [0.05, 0.1) is 11.2 Å². The highest BCUT2D eigenvalue weighted by atomic mass is 15.1. The molecule has 76 valence electrons. The summed E-state index contributed by atoms with van der Waals surface area (Å²) in [6.07, 6.45) is 3.46. The molecule has 0 unspecified atom stereocenters. The fourth-order valence-electron chi connectivity index (χ4n) is 1.68. The van der Waals surface area contributed by atoms with E-state index in [1.807, 2.05) is 42.5 Å². The zero-order chi connectivity index (χ0) is 10.8. The van der Waals surface area contributed by atoms with E-state index >= 15 is 0 Å². The number of fused-ring (bicyclic) bond motifs is 1. The highest BCUT2D eigenvalue weighted by Gasteiger charge is 2.00. The van der Waals surface area contributed by atoms with Crippen molar-refractivity contribution in [2.45, 2.75) is 0 Å². The molecule has 0 fully saturated rings. The summed E-state index contributed by atoms with van der Waals surface area (Å²) < 4.78 is 0. The number of rotatable bonds is 1. The Balaban J connectivity index is 2.19. The summed E-state index contributed by atoms with van der Waals surface area (Å²) in [7, 11) is 0. The molecule has 0 atom stereocenters. The molecule has 0 aliphatic rings. The number of pyridine rings is 1. The standard InChI is InChI=1S/C13H9N3/c1-3-10-5-6-11(9-13(10)14-7-1)12-4-2-8-15-16-12/h1-9H. The minimum absolute atomic E-state index is 0.870. The Kier molecular flexibility index (Phi) is 2.07. The van der Waals surface area contributed by atoms with Gasteiger partial charge in [0.15, 0.2) is 0 Å². The monoisotopic (exact) mass is 207 g/mol. The van der Waals surface area contributed by atoms with Gasteiger partial charge in [-0.25, -0.2) is 0 Å². The summed E-state index contributed by atoms with van der Waals surface area (Å²) in [5, 5.41) is 9.08. The van der Waals surface area contributed by atoms with E-state index in [9.17, 15) is 0 Å². The molecule has 16 heavy (non-hydrogen) atoms. The van der Waals surface area contributed by atoms with Gasteiger partial charge >= 0.3 is 0 Å². The molecule has 0 aliphatic heterocycles. The Morgan fingerprint density at radius 1 is 0.875 bits per heavy atom. The van der Waals surface area contributed by atoms with Crippen molar-refractivity contribution in [1.82, 2.24) is 15.2 Å². The summed E-state index contributed by atoms with van der Waals surface area (Å²) in [4.78, 5) is 4.32. The Morgan fingerprint density at radius 2 is 1.81 bits per heavy atom. The molecule has 0 saturated heterocycles. The van der Waals surface area contributed by atoms with Crippen molar-refractivity contribution in [3.05, 3.63) is 54.9 Å². The fourth-order valence-corrected chi connectivity index (χ4v) is 1.68. The van der Waals surface area contributed by atoms with E-state index in [-0.39, 0.29) is 0 Å². The number of nitrogens with zero attached hydrogens (tertiary/aromatic N) is 3. The Labute approximate surface area is 92.8 Å². The molecule has 0 spiro atoms. The predicted molar refractivity (Wildman–Crippen MR) is 62.8 cm³/mol. The first-order valence-electron chi connectivity index (χ1n) is 5.06. The van der Waals surface area contributed by atoms with Crippen molar-refractivity contribution < 1.29 is 0 Å². The Hall–Kier alpha value is -2.29. The molecule has 2 aromatic heterocycles. The van der Waals surface area contributed by atoms with Crippen LogP contribution in [-0.4, -0.2) is 15.2 Å². The SMILES string of the molecule is c1cnnc(-c2ccc3cccnc3c2)c1. The van der Waals surface area contributed by atoms with E-state index in [0.717, 1.165) is 22.2 Å². The molecule has 3 nitrogen and oxygen atoms in total. The summed E-state index contributed by atoms with van der Waals surface area (Å²) >= 11 is 0. The number of benzene rings is 1. The minimum atomic E-state index is 0.870. The lowest BCUT2D eigenvalue weighted by atomic mass is 10.1. The first kappa shape index (κ1) is 8.97. The number of hydrogen-bond acceptors (Lipinski definition) is 3. The van der Waals surface area contributed by atoms with Gasteiger partial charge < -0.3 is 0 Å². The van der Waals surface area contributed by atoms with Crippen LogP contribution in [0.15, 0.2) is 54.9 Å². The van der Waals surface area contributed by atoms with Gasteiger partial charge in [-0.2, -0.15) is 10.2 Å². The lowest BCUT2D eigenvalue weighted by molar-refractivity contribution is 1.04. The van der Waals surface area contributed by atoms with Crippen LogP contribution in [-0.2, 0) is 0 Å². The summed E-state index contributed by atoms with van der Waals surface area (Å²) in [5.41, 5.74) is 2.89. The van der Waals surface area contributed by atoms with Crippen molar-refractivity contribution in [1.29, 1.82) is 0 Å². The highest BCUT2D eigenvalue weighted by molar-refractivity contribution is 5.83. The van der Waals surface area contributed by atoms with Gasteiger partial charge in [0.2, 0.25) is 0 Å². The van der Waals surface area contributed by atoms with Crippen LogP contribution in [0.1, 0.15) is 0 Å². The van der Waals surface area contributed by atoms with Gasteiger partial charge in [-0.05, 0) is 24.3 Å². The molecule has 0 saturated carbocycles. The molecule has 0 aliphatic carbocycles. The quantitative estimate of drug-likeness (QED) is 0.615. The van der Waals surface area contributed by atoms with Crippen LogP contribution in [0.25, 0.3) is 22.2 Å². The van der Waals surface area contributed by atoms with Crippen LogP contribution in [0.5, 0.6) is 0 Å². The summed E-state index contributed by atoms with van der Waals surface area (Å²) in [6, 6.07) is 13.9. The van der Waals surface area contributed by atoms with E-state index in [1.165, 1.54) is 0 Å². The predicted octanol–water partition coefficient (Wildman–Crippen LogP) is 2.69. The average Bonchev–Trinajstić information content (AvgIpc) is 2.39. The summed E-state index contributed by atoms with van der Waals surface area (Å²) in [5.74, 6) is 0. The lowest BCUT2D eigenvalue weighted by Gasteiger charge is -2.01. The molecule has 3 heteroatoms. The zero-order valence-corrected chi connectivity index (χ0v) is 8.54. The van der Waals surface area contributed by atoms with E-state index < -0.39 is 0 Å². The maximum atomic E-state index is 4.32. The van der Waals surface area contributed by atoms with Gasteiger partial charge in [0.1, 0.15) is 0 Å². The second-order valence-electron chi connectivity index (χ2n) is 3.52. The van der Waals surface area contributed by atoms with Gasteiger partial charge in [-0.1, -0.05) is 18.2 Å². The van der Waals surface area contributed by atoms with Crippen molar-refractivity contribution in [3.8, 4) is 11.3 Å². The first-order valence-corrected chi connectivity index (χ1v) is 5.06. The molecule has 3 rings (SSSR count). The number of aromatic nitrogens is 3. The van der Waals surface area contributed by atoms with E-state index in [1.54, 1.807) is 12.4 Å². The second kappa shape index (κ2) is 3.70. The average molecular weight is 207 g/mol. The van der Waals surface area contributed by atoms with Gasteiger partial charge in [-0.3, -0.25) is 4.98 Å². The molecule has 3 aromatic rings. The Morgan fingerprint density at radius 3 is 2.69 bits per heavy atom. The number of hydrogen-bond donors (Lipinski definition) is 0. The van der Waals surface area contributed by atoms with Crippen molar-refractivity contribution >= 4 is 10.9 Å². The fraction of sp³-hybridized carbons (Fsp3) is 0. The third-order valence-corrected chi connectivity index (χ3v) is 2.47. The molecule has 0 N–H and O–H groups in total. The topological polar surface area (TPSA) is 38.7 Å². The molecule has 2 heterocycles. The van der Waals surface area contributed by atoms with Crippen LogP contribution in [0.4, 0.5) is 0 Å². The maximum absolute atomic E-state index is 4.32. The van der Waals surface area contributed by atoms with Crippen LogP contribution >= 0.6 is 0 Å². The minimum Gasteiger partial charge on any atom is -0.256 e. The van der Waals surface area contributed by atoms with E-state index in [0.29, 0.717) is 0 Å². The van der Waals surface area contributed by atoms with Gasteiger partial charge in [0.25, 0.3) is 0 Å². The van der Waals surface area contributed by atoms with Crippen LogP contribution in [0.3, 0.4) is 0 Å². The third kappa shape index (κ3) is 1.52.